The third-order valence-electron chi connectivity index (χ3n) is 5.68. The van der Waals surface area contributed by atoms with Crippen molar-refractivity contribution in [3.8, 4) is 0 Å². The molecule has 142 valence electrons. The number of nitrogens with zero attached hydrogens (tertiary/aromatic N) is 1. The minimum atomic E-state index is 0.0381. The highest BCUT2D eigenvalue weighted by atomic mass is 32.1. The molecule has 2 heterocycles. The van der Waals surface area contributed by atoms with Gasteiger partial charge < -0.3 is 10.3 Å². The summed E-state index contributed by atoms with van der Waals surface area (Å²) in [6, 6.07) is 9.27. The van der Waals surface area contributed by atoms with Gasteiger partial charge in [0.25, 0.3) is 5.56 Å². The standard InChI is InChI=1S/C22H27N3OS/c1-4-14-8-10-15(11-9-14)20(13(2)3)23-12-18-24-21(26)19-16-6-5-7-17(16)27-22(19)25-18/h8-11,13,20,23H,4-7,12H2,1-3H3,(H,24,25,26)/p+1/t20-/m0/s1. The third-order valence-corrected chi connectivity index (χ3v) is 6.87. The van der Waals surface area contributed by atoms with Crippen molar-refractivity contribution in [1.82, 2.24) is 9.97 Å². The molecule has 1 aromatic carbocycles. The normalized spacial score (nSPS) is 14.8. The molecule has 0 unspecified atom stereocenters. The lowest BCUT2D eigenvalue weighted by molar-refractivity contribution is -0.718. The number of aryl methyl sites for hydroxylation is 3. The molecule has 0 saturated carbocycles. The first-order valence-electron chi connectivity index (χ1n) is 10.0. The Morgan fingerprint density at radius 2 is 2.00 bits per heavy atom. The number of rotatable bonds is 6. The first kappa shape index (κ1) is 18.4. The smallest absolute Gasteiger partial charge is 0.260 e. The van der Waals surface area contributed by atoms with Crippen molar-refractivity contribution in [2.45, 2.75) is 59.0 Å². The Hall–Kier alpha value is -1.98. The zero-order chi connectivity index (χ0) is 19.0. The van der Waals surface area contributed by atoms with E-state index in [4.69, 9.17) is 4.98 Å². The molecule has 0 radical (unpaired) electrons. The summed E-state index contributed by atoms with van der Waals surface area (Å²) in [6.45, 7) is 7.36. The number of quaternary nitrogens is 1. The molecule has 3 N–H and O–H groups in total. The largest absolute Gasteiger partial charge is 0.334 e. The maximum Gasteiger partial charge on any atom is 0.260 e. The summed E-state index contributed by atoms with van der Waals surface area (Å²) >= 11 is 1.71. The van der Waals surface area contributed by atoms with Crippen LogP contribution in [0.2, 0.25) is 0 Å². The molecule has 5 heteroatoms. The highest BCUT2D eigenvalue weighted by Gasteiger charge is 2.23. The minimum absolute atomic E-state index is 0.0381. The lowest BCUT2D eigenvalue weighted by Gasteiger charge is -2.19. The Kier molecular flexibility index (Phi) is 5.15. The fraction of sp³-hybridized carbons (Fsp3) is 0.455. The van der Waals surface area contributed by atoms with Crippen LogP contribution in [0.1, 0.15) is 60.6 Å². The van der Waals surface area contributed by atoms with E-state index < -0.39 is 0 Å². The van der Waals surface area contributed by atoms with Crippen molar-refractivity contribution in [2.75, 3.05) is 0 Å². The number of thiophene rings is 1. The second kappa shape index (κ2) is 7.56. The molecule has 0 bridgehead atoms. The van der Waals surface area contributed by atoms with Gasteiger partial charge in [-0.2, -0.15) is 0 Å². The van der Waals surface area contributed by atoms with Crippen molar-refractivity contribution in [3.63, 3.8) is 0 Å². The maximum atomic E-state index is 12.6. The summed E-state index contributed by atoms with van der Waals surface area (Å²) in [5.41, 5.74) is 3.98. The summed E-state index contributed by atoms with van der Waals surface area (Å²) < 4.78 is 0. The maximum absolute atomic E-state index is 12.6. The Labute approximate surface area is 164 Å². The Bertz CT molecular complexity index is 1000. The Balaban J connectivity index is 1.56. The second-order valence-corrected chi connectivity index (χ2v) is 8.94. The molecule has 0 saturated heterocycles. The third kappa shape index (κ3) is 3.58. The van der Waals surface area contributed by atoms with E-state index in [-0.39, 0.29) is 5.56 Å². The van der Waals surface area contributed by atoms with Gasteiger partial charge in [-0.15, -0.1) is 11.3 Å². The second-order valence-electron chi connectivity index (χ2n) is 7.85. The number of aromatic nitrogens is 2. The lowest BCUT2D eigenvalue weighted by atomic mass is 9.95. The van der Waals surface area contributed by atoms with Crippen LogP contribution in [0, 0.1) is 5.92 Å². The average molecular weight is 383 g/mol. The highest BCUT2D eigenvalue weighted by molar-refractivity contribution is 7.18. The van der Waals surface area contributed by atoms with Gasteiger partial charge in [-0.3, -0.25) is 4.79 Å². The van der Waals surface area contributed by atoms with Crippen LogP contribution >= 0.6 is 11.3 Å². The molecular formula is C22H28N3OS+. The van der Waals surface area contributed by atoms with Crippen LogP contribution in [0.4, 0.5) is 0 Å². The van der Waals surface area contributed by atoms with Crippen LogP contribution in [0.5, 0.6) is 0 Å². The molecule has 4 rings (SSSR count). The summed E-state index contributed by atoms with van der Waals surface area (Å²) in [5.74, 6) is 1.28. The fourth-order valence-corrected chi connectivity index (χ4v) is 5.43. The number of hydrogen-bond donors (Lipinski definition) is 2. The van der Waals surface area contributed by atoms with Crippen molar-refractivity contribution < 1.29 is 5.32 Å². The van der Waals surface area contributed by atoms with E-state index in [0.29, 0.717) is 18.5 Å². The van der Waals surface area contributed by atoms with Gasteiger partial charge in [-0.25, -0.2) is 4.98 Å². The lowest BCUT2D eigenvalue weighted by Crippen LogP contribution is -2.85. The topological polar surface area (TPSA) is 62.4 Å². The molecule has 1 atom stereocenters. The van der Waals surface area contributed by atoms with Crippen molar-refractivity contribution >= 4 is 21.6 Å². The van der Waals surface area contributed by atoms with E-state index >= 15 is 0 Å². The fourth-order valence-electron chi connectivity index (χ4n) is 4.15. The van der Waals surface area contributed by atoms with Crippen LogP contribution in [-0.2, 0) is 25.8 Å². The van der Waals surface area contributed by atoms with Gasteiger partial charge in [0.2, 0.25) is 0 Å². The number of nitrogens with two attached hydrogens (primary N) is 1. The van der Waals surface area contributed by atoms with Crippen molar-refractivity contribution in [2.24, 2.45) is 5.92 Å². The zero-order valence-corrected chi connectivity index (χ0v) is 17.2. The van der Waals surface area contributed by atoms with E-state index in [2.05, 4.69) is 55.3 Å². The molecule has 27 heavy (non-hydrogen) atoms. The molecular weight excluding hydrogens is 354 g/mol. The highest BCUT2D eigenvalue weighted by Crippen LogP contribution is 2.34. The first-order valence-corrected chi connectivity index (χ1v) is 10.8. The number of benzene rings is 1. The molecule has 0 amide bonds. The van der Waals surface area contributed by atoms with Crippen molar-refractivity contribution in [1.29, 1.82) is 0 Å². The number of H-pyrrole nitrogens is 1. The van der Waals surface area contributed by atoms with Gasteiger partial charge >= 0.3 is 0 Å². The van der Waals surface area contributed by atoms with Crippen LogP contribution in [0.25, 0.3) is 10.2 Å². The molecule has 0 fully saturated rings. The van der Waals surface area contributed by atoms with Crippen LogP contribution in [0.15, 0.2) is 29.1 Å². The van der Waals surface area contributed by atoms with Gasteiger partial charge in [0.05, 0.1) is 5.39 Å². The SMILES string of the molecule is CCc1ccc([C@@H]([NH2+]Cc2nc3sc4c(c3c(=O)[nH]2)CCC4)C(C)C)cc1. The van der Waals surface area contributed by atoms with E-state index in [1.165, 1.54) is 28.0 Å². The van der Waals surface area contributed by atoms with Gasteiger partial charge in [0.1, 0.15) is 17.4 Å². The summed E-state index contributed by atoms with van der Waals surface area (Å²) in [6.07, 6.45) is 4.35. The monoisotopic (exact) mass is 382 g/mol. The van der Waals surface area contributed by atoms with Crippen LogP contribution < -0.4 is 10.9 Å². The van der Waals surface area contributed by atoms with Crippen molar-refractivity contribution in [3.05, 3.63) is 62.0 Å². The van der Waals surface area contributed by atoms with E-state index in [0.717, 1.165) is 35.3 Å². The molecule has 2 aromatic heterocycles. The summed E-state index contributed by atoms with van der Waals surface area (Å²) in [4.78, 5) is 22.7. The average Bonchev–Trinajstić information content (AvgIpc) is 3.22. The first-order chi connectivity index (χ1) is 13.1. The number of hydrogen-bond acceptors (Lipinski definition) is 3. The Morgan fingerprint density at radius 1 is 1.22 bits per heavy atom. The van der Waals surface area contributed by atoms with Gasteiger partial charge in [-0.1, -0.05) is 45.0 Å². The predicted octanol–water partition coefficient (Wildman–Crippen LogP) is 3.50. The molecule has 3 aromatic rings. The zero-order valence-electron chi connectivity index (χ0n) is 16.3. The molecule has 1 aliphatic carbocycles. The quantitative estimate of drug-likeness (QED) is 0.685. The Morgan fingerprint density at radius 3 is 2.70 bits per heavy atom. The number of aromatic amines is 1. The van der Waals surface area contributed by atoms with Gasteiger partial charge in [0.15, 0.2) is 5.82 Å². The van der Waals surface area contributed by atoms with E-state index in [1.54, 1.807) is 11.3 Å². The molecule has 4 nitrogen and oxygen atoms in total. The molecule has 0 aliphatic heterocycles. The van der Waals surface area contributed by atoms with E-state index in [9.17, 15) is 4.79 Å². The van der Waals surface area contributed by atoms with Crippen LogP contribution in [-0.4, -0.2) is 9.97 Å². The molecule has 0 spiro atoms. The van der Waals surface area contributed by atoms with Crippen LogP contribution in [0.3, 0.4) is 0 Å². The minimum Gasteiger partial charge on any atom is -0.334 e. The summed E-state index contributed by atoms with van der Waals surface area (Å²) in [5, 5.41) is 3.14. The predicted molar refractivity (Wildman–Crippen MR) is 111 cm³/mol. The molecule has 1 aliphatic rings. The number of fused-ring (bicyclic) bond motifs is 3. The number of nitrogens with one attached hydrogen (secondary N) is 1. The summed E-state index contributed by atoms with van der Waals surface area (Å²) in [7, 11) is 0. The van der Waals surface area contributed by atoms with Gasteiger partial charge in [-0.05, 0) is 36.8 Å². The van der Waals surface area contributed by atoms with Gasteiger partial charge in [0, 0.05) is 16.4 Å². The van der Waals surface area contributed by atoms with E-state index in [1.807, 2.05) is 0 Å².